The van der Waals surface area contributed by atoms with Gasteiger partial charge in [-0.1, -0.05) is 24.8 Å². The van der Waals surface area contributed by atoms with Crippen LogP contribution >= 0.6 is 0 Å². The van der Waals surface area contributed by atoms with Gasteiger partial charge in [-0.05, 0) is 49.8 Å². The van der Waals surface area contributed by atoms with Crippen molar-refractivity contribution in [2.45, 2.75) is 13.8 Å². The predicted octanol–water partition coefficient (Wildman–Crippen LogP) is 4.10. The number of rotatable bonds is 6. The van der Waals surface area contributed by atoms with Gasteiger partial charge in [0.25, 0.3) is 5.91 Å². The molecule has 4 heteroatoms. The zero-order valence-electron chi connectivity index (χ0n) is 13.3. The zero-order chi connectivity index (χ0) is 16.8. The third-order valence-corrected chi connectivity index (χ3v) is 3.11. The van der Waals surface area contributed by atoms with Crippen molar-refractivity contribution in [3.05, 3.63) is 71.8 Å². The van der Waals surface area contributed by atoms with Crippen molar-refractivity contribution in [3.63, 3.8) is 0 Å². The molecule has 0 saturated carbocycles. The van der Waals surface area contributed by atoms with Gasteiger partial charge in [0.15, 0.2) is 5.78 Å². The number of ketones is 1. The molecule has 2 rings (SSSR count). The van der Waals surface area contributed by atoms with Crippen LogP contribution < -0.4 is 10.1 Å². The van der Waals surface area contributed by atoms with Crippen LogP contribution in [0, 0.1) is 0 Å². The minimum Gasteiger partial charge on any atom is -0.489 e. The molecule has 0 spiro atoms. The summed E-state index contributed by atoms with van der Waals surface area (Å²) in [5.74, 6) is 0.306. The fourth-order valence-electron chi connectivity index (χ4n) is 1.95. The molecule has 1 N–H and O–H groups in total. The van der Waals surface area contributed by atoms with Crippen LogP contribution in [0.1, 0.15) is 34.6 Å². The monoisotopic (exact) mass is 309 g/mol. The second-order valence-electron chi connectivity index (χ2n) is 5.36. The molecule has 0 unspecified atom stereocenters. The second-order valence-corrected chi connectivity index (χ2v) is 5.36. The Balaban J connectivity index is 2.11. The van der Waals surface area contributed by atoms with Gasteiger partial charge in [-0.25, -0.2) is 0 Å². The van der Waals surface area contributed by atoms with Gasteiger partial charge in [-0.2, -0.15) is 0 Å². The molecule has 0 aromatic heterocycles. The van der Waals surface area contributed by atoms with Crippen LogP contribution in [0.5, 0.6) is 5.75 Å². The lowest BCUT2D eigenvalue weighted by atomic mass is 10.1. The van der Waals surface area contributed by atoms with Crippen molar-refractivity contribution in [2.75, 3.05) is 11.9 Å². The van der Waals surface area contributed by atoms with Crippen LogP contribution in [0.4, 0.5) is 5.69 Å². The summed E-state index contributed by atoms with van der Waals surface area (Å²) in [6.45, 7) is 7.55. The lowest BCUT2D eigenvalue weighted by Crippen LogP contribution is -2.12. The van der Waals surface area contributed by atoms with E-state index in [4.69, 9.17) is 4.74 Å². The zero-order valence-corrected chi connectivity index (χ0v) is 13.3. The molecule has 0 saturated heterocycles. The minimum atomic E-state index is -0.258. The SMILES string of the molecule is C=C(C)COc1cccc(C(=O)Nc2cccc(C(C)=O)c2)c1. The number of ether oxygens (including phenoxy) is 1. The van der Waals surface area contributed by atoms with Crippen LogP contribution in [-0.2, 0) is 0 Å². The molecular weight excluding hydrogens is 290 g/mol. The summed E-state index contributed by atoms with van der Waals surface area (Å²) in [6.07, 6.45) is 0. The van der Waals surface area contributed by atoms with E-state index in [1.54, 1.807) is 48.5 Å². The first-order chi connectivity index (χ1) is 11.0. The second kappa shape index (κ2) is 7.40. The summed E-state index contributed by atoms with van der Waals surface area (Å²) in [6, 6.07) is 13.8. The maximum absolute atomic E-state index is 12.3. The number of benzene rings is 2. The molecule has 0 bridgehead atoms. The lowest BCUT2D eigenvalue weighted by Gasteiger charge is -2.09. The van der Waals surface area contributed by atoms with E-state index < -0.39 is 0 Å². The quantitative estimate of drug-likeness (QED) is 0.645. The van der Waals surface area contributed by atoms with Crippen molar-refractivity contribution in [1.29, 1.82) is 0 Å². The molecule has 0 aliphatic heterocycles. The van der Waals surface area contributed by atoms with Gasteiger partial charge in [0.1, 0.15) is 12.4 Å². The fraction of sp³-hybridized carbons (Fsp3) is 0.158. The lowest BCUT2D eigenvalue weighted by molar-refractivity contribution is 0.101. The highest BCUT2D eigenvalue weighted by molar-refractivity contribution is 6.05. The van der Waals surface area contributed by atoms with E-state index in [2.05, 4.69) is 11.9 Å². The summed E-state index contributed by atoms with van der Waals surface area (Å²) < 4.78 is 5.53. The van der Waals surface area contributed by atoms with E-state index in [9.17, 15) is 9.59 Å². The summed E-state index contributed by atoms with van der Waals surface area (Å²) in [4.78, 5) is 23.7. The van der Waals surface area contributed by atoms with E-state index >= 15 is 0 Å². The van der Waals surface area contributed by atoms with Crippen LogP contribution in [0.3, 0.4) is 0 Å². The Hall–Kier alpha value is -2.88. The molecule has 4 nitrogen and oxygen atoms in total. The van der Waals surface area contributed by atoms with E-state index in [-0.39, 0.29) is 11.7 Å². The van der Waals surface area contributed by atoms with E-state index in [0.717, 1.165) is 5.57 Å². The molecule has 23 heavy (non-hydrogen) atoms. The number of nitrogens with one attached hydrogen (secondary N) is 1. The minimum absolute atomic E-state index is 0.0451. The molecule has 2 aromatic rings. The molecule has 0 fully saturated rings. The number of carbonyl (C=O) groups excluding carboxylic acids is 2. The van der Waals surface area contributed by atoms with Gasteiger partial charge in [0.2, 0.25) is 0 Å². The molecule has 2 aromatic carbocycles. The Morgan fingerprint density at radius 1 is 1.04 bits per heavy atom. The van der Waals surface area contributed by atoms with Gasteiger partial charge >= 0.3 is 0 Å². The smallest absolute Gasteiger partial charge is 0.255 e. The Labute approximate surface area is 135 Å². The summed E-state index contributed by atoms with van der Waals surface area (Å²) >= 11 is 0. The van der Waals surface area contributed by atoms with Crippen molar-refractivity contribution in [2.24, 2.45) is 0 Å². The Kier molecular flexibility index (Phi) is 5.31. The highest BCUT2D eigenvalue weighted by Gasteiger charge is 2.08. The molecule has 0 heterocycles. The average molecular weight is 309 g/mol. The number of hydrogen-bond donors (Lipinski definition) is 1. The van der Waals surface area contributed by atoms with Gasteiger partial charge in [0.05, 0.1) is 0 Å². The Morgan fingerprint density at radius 3 is 2.43 bits per heavy atom. The number of amides is 1. The maximum Gasteiger partial charge on any atom is 0.255 e. The van der Waals surface area contributed by atoms with E-state index in [1.807, 2.05) is 6.92 Å². The van der Waals surface area contributed by atoms with Gasteiger partial charge in [0, 0.05) is 16.8 Å². The molecule has 0 radical (unpaired) electrons. The van der Waals surface area contributed by atoms with Crippen LogP contribution in [0.15, 0.2) is 60.7 Å². The van der Waals surface area contributed by atoms with Gasteiger partial charge in [-0.3, -0.25) is 9.59 Å². The molecule has 0 atom stereocenters. The summed E-state index contributed by atoms with van der Waals surface area (Å²) in [5.41, 5.74) is 2.52. The third kappa shape index (κ3) is 4.81. The molecule has 1 amide bonds. The van der Waals surface area contributed by atoms with Gasteiger partial charge < -0.3 is 10.1 Å². The van der Waals surface area contributed by atoms with Gasteiger partial charge in [-0.15, -0.1) is 0 Å². The Morgan fingerprint density at radius 2 is 1.74 bits per heavy atom. The predicted molar refractivity (Wildman–Crippen MR) is 91.2 cm³/mol. The van der Waals surface area contributed by atoms with Crippen molar-refractivity contribution < 1.29 is 14.3 Å². The number of Topliss-reactive ketones (excluding diaryl/α,β-unsaturated/α-hetero) is 1. The number of anilines is 1. The molecule has 118 valence electrons. The van der Waals surface area contributed by atoms with Crippen molar-refractivity contribution >= 4 is 17.4 Å². The highest BCUT2D eigenvalue weighted by atomic mass is 16.5. The maximum atomic E-state index is 12.3. The summed E-state index contributed by atoms with van der Waals surface area (Å²) in [7, 11) is 0. The first kappa shape index (κ1) is 16.5. The largest absolute Gasteiger partial charge is 0.489 e. The standard InChI is InChI=1S/C19H19NO3/c1-13(2)12-23-18-9-5-7-16(11-18)19(22)20-17-8-4-6-15(10-17)14(3)21/h4-11H,1,12H2,2-3H3,(H,20,22). The van der Waals surface area contributed by atoms with E-state index in [0.29, 0.717) is 29.2 Å². The van der Waals surface area contributed by atoms with Crippen molar-refractivity contribution in [1.82, 2.24) is 0 Å². The molecule has 0 aliphatic rings. The number of carbonyl (C=O) groups is 2. The normalized spacial score (nSPS) is 10.0. The first-order valence-corrected chi connectivity index (χ1v) is 7.25. The number of hydrogen-bond acceptors (Lipinski definition) is 3. The third-order valence-electron chi connectivity index (χ3n) is 3.11. The fourth-order valence-corrected chi connectivity index (χ4v) is 1.95. The summed E-state index contributed by atoms with van der Waals surface area (Å²) in [5, 5.41) is 2.78. The highest BCUT2D eigenvalue weighted by Crippen LogP contribution is 2.17. The van der Waals surface area contributed by atoms with Crippen LogP contribution in [-0.4, -0.2) is 18.3 Å². The van der Waals surface area contributed by atoms with E-state index in [1.165, 1.54) is 6.92 Å². The Bertz CT molecular complexity index is 750. The van der Waals surface area contributed by atoms with Crippen LogP contribution in [0.2, 0.25) is 0 Å². The van der Waals surface area contributed by atoms with Crippen LogP contribution in [0.25, 0.3) is 0 Å². The first-order valence-electron chi connectivity index (χ1n) is 7.25. The van der Waals surface area contributed by atoms with Crippen molar-refractivity contribution in [3.8, 4) is 5.75 Å². The topological polar surface area (TPSA) is 55.4 Å². The average Bonchev–Trinajstić information content (AvgIpc) is 2.53. The molecular formula is C19H19NO3. The molecule has 0 aliphatic carbocycles.